The maximum absolute atomic E-state index is 11.2. The summed E-state index contributed by atoms with van der Waals surface area (Å²) in [5.41, 5.74) is 3.09. The van der Waals surface area contributed by atoms with Gasteiger partial charge in [0.05, 0.1) is 15.6 Å². The van der Waals surface area contributed by atoms with E-state index >= 15 is 0 Å². The van der Waals surface area contributed by atoms with Crippen LogP contribution in [0.1, 0.15) is 37.4 Å². The molecule has 3 aromatic carbocycles. The quantitative estimate of drug-likeness (QED) is 0.414. The van der Waals surface area contributed by atoms with E-state index in [0.717, 1.165) is 16.7 Å². The van der Waals surface area contributed by atoms with Crippen LogP contribution < -0.4 is 4.74 Å². The Labute approximate surface area is 187 Å². The lowest BCUT2D eigenvalue weighted by Crippen LogP contribution is -2.03. The van der Waals surface area contributed by atoms with Gasteiger partial charge in [-0.15, -0.1) is 0 Å². The lowest BCUT2D eigenvalue weighted by atomic mass is 10.0. The molecular formula is C23H18BrClO5. The zero-order valence-corrected chi connectivity index (χ0v) is 18.1. The Morgan fingerprint density at radius 2 is 1.57 bits per heavy atom. The Morgan fingerprint density at radius 3 is 2.23 bits per heavy atom. The monoisotopic (exact) mass is 488 g/mol. The Balaban J connectivity index is 1.76. The number of carbonyl (C=O) groups is 2. The number of aromatic carboxylic acids is 2. The van der Waals surface area contributed by atoms with Crippen molar-refractivity contribution in [1.29, 1.82) is 0 Å². The molecule has 0 amide bonds. The summed E-state index contributed by atoms with van der Waals surface area (Å²) in [5, 5.41) is 18.7. The average molecular weight is 490 g/mol. The molecular weight excluding hydrogens is 472 g/mol. The normalized spacial score (nSPS) is 10.6. The van der Waals surface area contributed by atoms with Crippen molar-refractivity contribution in [1.82, 2.24) is 0 Å². The summed E-state index contributed by atoms with van der Waals surface area (Å²) in [6.45, 7) is 0.210. The van der Waals surface area contributed by atoms with Gasteiger partial charge in [-0.25, -0.2) is 9.59 Å². The third-order valence-electron chi connectivity index (χ3n) is 4.53. The number of ether oxygens (including phenoxy) is 1. The fourth-order valence-corrected chi connectivity index (χ4v) is 3.99. The number of hydrogen-bond donors (Lipinski definition) is 2. The van der Waals surface area contributed by atoms with Crippen LogP contribution in [0.5, 0.6) is 5.75 Å². The molecule has 0 saturated heterocycles. The van der Waals surface area contributed by atoms with Crippen LogP contribution in [0.15, 0.2) is 65.1 Å². The Morgan fingerprint density at radius 1 is 0.867 bits per heavy atom. The van der Waals surface area contributed by atoms with Gasteiger partial charge >= 0.3 is 11.9 Å². The molecule has 0 unspecified atom stereocenters. The van der Waals surface area contributed by atoms with Gasteiger partial charge in [0.15, 0.2) is 0 Å². The number of aryl methyl sites for hydroxylation is 2. The van der Waals surface area contributed by atoms with Crippen molar-refractivity contribution in [3.8, 4) is 5.75 Å². The standard InChI is InChI=1S/C23H18BrClO5/c24-20-12-19(25)11-17(9-6-14-4-7-16(8-5-14)22(26)27)21(20)30-13-15-2-1-3-18(10-15)23(28)29/h1-5,7-8,10-12H,6,9,13H2,(H,26,27)(H,28,29). The van der Waals surface area contributed by atoms with Gasteiger partial charge in [-0.1, -0.05) is 35.9 Å². The highest BCUT2D eigenvalue weighted by Gasteiger charge is 2.12. The second-order valence-electron chi connectivity index (χ2n) is 6.67. The largest absolute Gasteiger partial charge is 0.487 e. The van der Waals surface area contributed by atoms with Gasteiger partial charge in [0.2, 0.25) is 0 Å². The molecule has 0 aliphatic carbocycles. The van der Waals surface area contributed by atoms with Crippen LogP contribution >= 0.6 is 27.5 Å². The molecule has 0 aliphatic heterocycles. The maximum atomic E-state index is 11.2. The van der Waals surface area contributed by atoms with Gasteiger partial charge in [0.1, 0.15) is 12.4 Å². The molecule has 0 fully saturated rings. The van der Waals surface area contributed by atoms with E-state index in [4.69, 9.17) is 26.6 Å². The van der Waals surface area contributed by atoms with E-state index in [-0.39, 0.29) is 17.7 Å². The molecule has 0 bridgehead atoms. The van der Waals surface area contributed by atoms with E-state index in [1.54, 1.807) is 48.5 Å². The van der Waals surface area contributed by atoms with Gasteiger partial charge < -0.3 is 14.9 Å². The molecule has 0 spiro atoms. The predicted molar refractivity (Wildman–Crippen MR) is 118 cm³/mol. The molecule has 3 rings (SSSR count). The molecule has 7 heteroatoms. The SMILES string of the molecule is O=C(O)c1ccc(CCc2cc(Cl)cc(Br)c2OCc2cccc(C(=O)O)c2)cc1. The number of benzene rings is 3. The Bertz CT molecular complexity index is 1080. The first kappa shape index (κ1) is 21.9. The summed E-state index contributed by atoms with van der Waals surface area (Å²) in [7, 11) is 0. The number of carboxylic acid groups (broad SMARTS) is 2. The van der Waals surface area contributed by atoms with Crippen molar-refractivity contribution in [3.05, 3.63) is 98.0 Å². The molecule has 0 aliphatic rings. The molecule has 5 nitrogen and oxygen atoms in total. The number of rotatable bonds is 8. The first-order valence-electron chi connectivity index (χ1n) is 9.08. The van der Waals surface area contributed by atoms with Crippen molar-refractivity contribution in [2.24, 2.45) is 0 Å². The zero-order valence-electron chi connectivity index (χ0n) is 15.8. The van der Waals surface area contributed by atoms with Crippen molar-refractivity contribution in [2.75, 3.05) is 0 Å². The van der Waals surface area contributed by atoms with E-state index < -0.39 is 11.9 Å². The average Bonchev–Trinajstić information content (AvgIpc) is 2.71. The smallest absolute Gasteiger partial charge is 0.335 e. The Hall–Kier alpha value is -2.83. The topological polar surface area (TPSA) is 83.8 Å². The lowest BCUT2D eigenvalue weighted by Gasteiger charge is -2.15. The van der Waals surface area contributed by atoms with Crippen molar-refractivity contribution < 1.29 is 24.5 Å². The fourth-order valence-electron chi connectivity index (χ4n) is 3.00. The Kier molecular flexibility index (Phi) is 7.13. The molecule has 2 N–H and O–H groups in total. The van der Waals surface area contributed by atoms with E-state index in [1.165, 1.54) is 6.07 Å². The lowest BCUT2D eigenvalue weighted by molar-refractivity contribution is 0.0686. The van der Waals surface area contributed by atoms with Crippen molar-refractivity contribution in [2.45, 2.75) is 19.4 Å². The van der Waals surface area contributed by atoms with Gasteiger partial charge in [0.25, 0.3) is 0 Å². The third-order valence-corrected chi connectivity index (χ3v) is 5.33. The summed E-state index contributed by atoms with van der Waals surface area (Å²) in [5.74, 6) is -1.30. The first-order chi connectivity index (χ1) is 14.3. The summed E-state index contributed by atoms with van der Waals surface area (Å²) in [6, 6.07) is 16.9. The molecule has 30 heavy (non-hydrogen) atoms. The van der Waals surface area contributed by atoms with Crippen LogP contribution in [0.4, 0.5) is 0 Å². The number of halogens is 2. The molecule has 0 aromatic heterocycles. The minimum Gasteiger partial charge on any atom is -0.487 e. The molecule has 0 heterocycles. The minimum atomic E-state index is -0.987. The van der Waals surface area contributed by atoms with Crippen LogP contribution in [-0.4, -0.2) is 22.2 Å². The van der Waals surface area contributed by atoms with E-state index in [2.05, 4.69) is 15.9 Å². The van der Waals surface area contributed by atoms with Gasteiger partial charge in [-0.05, 0) is 81.9 Å². The van der Waals surface area contributed by atoms with E-state index in [1.807, 2.05) is 6.07 Å². The maximum Gasteiger partial charge on any atom is 0.335 e. The van der Waals surface area contributed by atoms with E-state index in [9.17, 15) is 9.59 Å². The predicted octanol–water partition coefficient (Wildman–Crippen LogP) is 5.86. The van der Waals surface area contributed by atoms with Gasteiger partial charge in [0, 0.05) is 5.02 Å². The van der Waals surface area contributed by atoms with E-state index in [0.29, 0.717) is 28.1 Å². The van der Waals surface area contributed by atoms with Crippen LogP contribution in [0.2, 0.25) is 5.02 Å². The number of carboxylic acids is 2. The molecule has 0 saturated carbocycles. The highest BCUT2D eigenvalue weighted by Crippen LogP contribution is 2.34. The van der Waals surface area contributed by atoms with Crippen molar-refractivity contribution in [3.63, 3.8) is 0 Å². The molecule has 0 atom stereocenters. The minimum absolute atomic E-state index is 0.205. The molecule has 0 radical (unpaired) electrons. The highest BCUT2D eigenvalue weighted by molar-refractivity contribution is 9.10. The fraction of sp³-hybridized carbons (Fsp3) is 0.130. The molecule has 3 aromatic rings. The first-order valence-corrected chi connectivity index (χ1v) is 10.3. The second kappa shape index (κ2) is 9.78. The van der Waals surface area contributed by atoms with Gasteiger partial charge in [-0.2, -0.15) is 0 Å². The van der Waals surface area contributed by atoms with Crippen LogP contribution in [0.3, 0.4) is 0 Å². The molecule has 154 valence electrons. The highest BCUT2D eigenvalue weighted by atomic mass is 79.9. The summed E-state index contributed by atoms with van der Waals surface area (Å²) in [6.07, 6.45) is 1.31. The summed E-state index contributed by atoms with van der Waals surface area (Å²) < 4.78 is 6.72. The third kappa shape index (κ3) is 5.62. The van der Waals surface area contributed by atoms with Crippen LogP contribution in [0.25, 0.3) is 0 Å². The van der Waals surface area contributed by atoms with Crippen LogP contribution in [-0.2, 0) is 19.4 Å². The second-order valence-corrected chi connectivity index (χ2v) is 7.96. The number of hydrogen-bond acceptors (Lipinski definition) is 3. The van der Waals surface area contributed by atoms with Crippen LogP contribution in [0, 0.1) is 0 Å². The van der Waals surface area contributed by atoms with Crippen molar-refractivity contribution >= 4 is 39.5 Å². The summed E-state index contributed by atoms with van der Waals surface area (Å²) in [4.78, 5) is 22.1. The van der Waals surface area contributed by atoms with Gasteiger partial charge in [-0.3, -0.25) is 0 Å². The zero-order chi connectivity index (χ0) is 21.7. The summed E-state index contributed by atoms with van der Waals surface area (Å²) >= 11 is 9.71.